The van der Waals surface area contributed by atoms with E-state index in [0.29, 0.717) is 10.9 Å². The number of likely N-dealkylation sites (tertiary alicyclic amines) is 1. The van der Waals surface area contributed by atoms with E-state index in [-0.39, 0.29) is 5.82 Å². The average Bonchev–Trinajstić information content (AvgIpc) is 2.91. The van der Waals surface area contributed by atoms with Crippen LogP contribution in [0.5, 0.6) is 0 Å². The van der Waals surface area contributed by atoms with Gasteiger partial charge in [-0.15, -0.1) is 0 Å². The zero-order valence-corrected chi connectivity index (χ0v) is 12.8. The summed E-state index contributed by atoms with van der Waals surface area (Å²) in [4.78, 5) is 7.03. The minimum absolute atomic E-state index is 0.226. The Balaban J connectivity index is 1.51. The fourth-order valence-corrected chi connectivity index (χ4v) is 4.00. The van der Waals surface area contributed by atoms with Gasteiger partial charge in [0.2, 0.25) is 0 Å². The molecule has 2 aromatic rings. The molecule has 0 unspecified atom stereocenters. The first kappa shape index (κ1) is 14.1. The maximum Gasteiger partial charge on any atom is 0.149 e. The second kappa shape index (κ2) is 5.60. The van der Waals surface area contributed by atoms with Crippen LogP contribution in [0.25, 0.3) is 10.9 Å². The van der Waals surface area contributed by atoms with Crippen molar-refractivity contribution in [3.8, 4) is 0 Å². The molecule has 1 N–H and O–H groups in total. The van der Waals surface area contributed by atoms with Gasteiger partial charge in [0.1, 0.15) is 11.3 Å². The summed E-state index contributed by atoms with van der Waals surface area (Å²) in [6.07, 6.45) is 3.85. The molecule has 0 radical (unpaired) electrons. The number of aromatic nitrogens is 1. The lowest BCUT2D eigenvalue weighted by molar-refractivity contribution is 0.193. The minimum atomic E-state index is -0.226. The summed E-state index contributed by atoms with van der Waals surface area (Å²) in [6.45, 7) is 5.42. The number of hydrogen-bond acceptors (Lipinski definition) is 3. The van der Waals surface area contributed by atoms with E-state index in [0.717, 1.165) is 43.8 Å². The first-order chi connectivity index (χ1) is 10.7. The number of fused-ring (bicyclic) bond motifs is 1. The molecule has 0 aliphatic carbocycles. The van der Waals surface area contributed by atoms with Crippen molar-refractivity contribution in [3.63, 3.8) is 0 Å². The fourth-order valence-electron chi connectivity index (χ4n) is 4.00. The first-order valence-electron chi connectivity index (χ1n) is 8.21. The molecular weight excluding hydrogens is 277 g/mol. The molecule has 116 valence electrons. The molecule has 2 aliphatic heterocycles. The third-order valence-corrected chi connectivity index (χ3v) is 5.30. The van der Waals surface area contributed by atoms with E-state index in [2.05, 4.69) is 15.2 Å². The predicted octanol–water partition coefficient (Wildman–Crippen LogP) is 2.95. The number of para-hydroxylation sites is 1. The average molecular weight is 299 g/mol. The summed E-state index contributed by atoms with van der Waals surface area (Å²) in [6, 6.07) is 9.15. The Hall–Kier alpha value is -1.52. The molecule has 4 heteroatoms. The van der Waals surface area contributed by atoms with Crippen LogP contribution in [0.15, 0.2) is 30.3 Å². The Morgan fingerprint density at radius 3 is 2.86 bits per heavy atom. The second-order valence-electron chi connectivity index (χ2n) is 6.82. The molecule has 2 aliphatic rings. The predicted molar refractivity (Wildman–Crippen MR) is 86.1 cm³/mol. The van der Waals surface area contributed by atoms with Crippen molar-refractivity contribution in [2.24, 2.45) is 5.41 Å². The molecule has 22 heavy (non-hydrogen) atoms. The SMILES string of the molecule is Fc1cccc2ccc(CN3CCC4(CCNCC4)C3)nc12. The molecule has 1 spiro atoms. The molecule has 0 atom stereocenters. The Labute approximate surface area is 130 Å². The van der Waals surface area contributed by atoms with Crippen LogP contribution in [0, 0.1) is 11.2 Å². The van der Waals surface area contributed by atoms with Crippen LogP contribution in [-0.2, 0) is 6.54 Å². The lowest BCUT2D eigenvalue weighted by Gasteiger charge is -2.33. The second-order valence-corrected chi connectivity index (χ2v) is 6.82. The number of nitrogens with one attached hydrogen (secondary N) is 1. The summed E-state index contributed by atoms with van der Waals surface area (Å²) in [5, 5.41) is 4.33. The third-order valence-electron chi connectivity index (χ3n) is 5.30. The molecular formula is C18H22FN3. The molecule has 3 heterocycles. The van der Waals surface area contributed by atoms with Gasteiger partial charge in [-0.05, 0) is 56.4 Å². The number of pyridine rings is 1. The highest BCUT2D eigenvalue weighted by molar-refractivity contribution is 5.79. The Morgan fingerprint density at radius 2 is 2.00 bits per heavy atom. The van der Waals surface area contributed by atoms with Crippen LogP contribution in [0.4, 0.5) is 4.39 Å². The van der Waals surface area contributed by atoms with Crippen molar-refractivity contribution < 1.29 is 4.39 Å². The molecule has 1 aromatic carbocycles. The summed E-state index contributed by atoms with van der Waals surface area (Å²) >= 11 is 0. The van der Waals surface area contributed by atoms with Gasteiger partial charge in [-0.1, -0.05) is 18.2 Å². The number of piperidine rings is 1. The van der Waals surface area contributed by atoms with Crippen LogP contribution in [-0.4, -0.2) is 36.1 Å². The largest absolute Gasteiger partial charge is 0.317 e. The van der Waals surface area contributed by atoms with Crippen LogP contribution in [0.2, 0.25) is 0 Å². The summed E-state index contributed by atoms with van der Waals surface area (Å²) in [5.41, 5.74) is 1.98. The maximum atomic E-state index is 13.9. The monoisotopic (exact) mass is 299 g/mol. The molecule has 2 saturated heterocycles. The topological polar surface area (TPSA) is 28.2 Å². The number of hydrogen-bond donors (Lipinski definition) is 1. The zero-order chi connectivity index (χ0) is 15.0. The van der Waals surface area contributed by atoms with Crippen molar-refractivity contribution in [2.45, 2.75) is 25.8 Å². The van der Waals surface area contributed by atoms with Crippen LogP contribution < -0.4 is 5.32 Å². The van der Waals surface area contributed by atoms with Crippen molar-refractivity contribution >= 4 is 10.9 Å². The molecule has 4 rings (SSSR count). The Morgan fingerprint density at radius 1 is 1.14 bits per heavy atom. The van der Waals surface area contributed by atoms with E-state index < -0.39 is 0 Å². The van der Waals surface area contributed by atoms with Crippen molar-refractivity contribution in [1.82, 2.24) is 15.2 Å². The quantitative estimate of drug-likeness (QED) is 0.924. The standard InChI is InChI=1S/C18H22FN3/c19-16-3-1-2-14-4-5-15(21-17(14)16)12-22-11-8-18(13-22)6-9-20-10-7-18/h1-5,20H,6-13H2. The molecule has 0 saturated carbocycles. The summed E-state index contributed by atoms with van der Waals surface area (Å²) < 4.78 is 13.9. The number of nitrogens with zero attached hydrogens (tertiary/aromatic N) is 2. The minimum Gasteiger partial charge on any atom is -0.317 e. The van der Waals surface area contributed by atoms with E-state index in [1.807, 2.05) is 18.2 Å². The highest BCUT2D eigenvalue weighted by Crippen LogP contribution is 2.38. The number of rotatable bonds is 2. The highest BCUT2D eigenvalue weighted by atomic mass is 19.1. The van der Waals surface area contributed by atoms with E-state index in [1.165, 1.54) is 25.3 Å². The number of benzene rings is 1. The lowest BCUT2D eigenvalue weighted by atomic mass is 9.78. The van der Waals surface area contributed by atoms with Gasteiger partial charge in [0.15, 0.2) is 0 Å². The molecule has 0 amide bonds. The molecule has 2 fully saturated rings. The number of halogens is 1. The van der Waals surface area contributed by atoms with Gasteiger partial charge in [0.25, 0.3) is 0 Å². The van der Waals surface area contributed by atoms with Crippen molar-refractivity contribution in [3.05, 3.63) is 41.8 Å². The van der Waals surface area contributed by atoms with Gasteiger partial charge in [0, 0.05) is 18.5 Å². The molecule has 1 aromatic heterocycles. The smallest absolute Gasteiger partial charge is 0.149 e. The van der Waals surface area contributed by atoms with Crippen LogP contribution in [0.3, 0.4) is 0 Å². The van der Waals surface area contributed by atoms with Crippen molar-refractivity contribution in [1.29, 1.82) is 0 Å². The van der Waals surface area contributed by atoms with Gasteiger partial charge in [-0.2, -0.15) is 0 Å². The summed E-state index contributed by atoms with van der Waals surface area (Å²) in [5.74, 6) is -0.226. The van der Waals surface area contributed by atoms with E-state index >= 15 is 0 Å². The van der Waals surface area contributed by atoms with Gasteiger partial charge >= 0.3 is 0 Å². The Bertz CT molecular complexity index is 679. The van der Waals surface area contributed by atoms with Crippen LogP contribution >= 0.6 is 0 Å². The molecule has 3 nitrogen and oxygen atoms in total. The maximum absolute atomic E-state index is 13.9. The Kier molecular flexibility index (Phi) is 3.59. The highest BCUT2D eigenvalue weighted by Gasteiger charge is 2.38. The van der Waals surface area contributed by atoms with E-state index in [9.17, 15) is 4.39 Å². The zero-order valence-electron chi connectivity index (χ0n) is 12.8. The normalized spacial score (nSPS) is 21.7. The van der Waals surface area contributed by atoms with Gasteiger partial charge in [0.05, 0.1) is 5.69 Å². The third kappa shape index (κ3) is 2.61. The molecule has 0 bridgehead atoms. The van der Waals surface area contributed by atoms with Gasteiger partial charge < -0.3 is 5.32 Å². The fraction of sp³-hybridized carbons (Fsp3) is 0.500. The van der Waals surface area contributed by atoms with Crippen molar-refractivity contribution in [2.75, 3.05) is 26.2 Å². The first-order valence-corrected chi connectivity index (χ1v) is 8.21. The van der Waals surface area contributed by atoms with Gasteiger partial charge in [-0.3, -0.25) is 4.90 Å². The van der Waals surface area contributed by atoms with E-state index in [4.69, 9.17) is 0 Å². The van der Waals surface area contributed by atoms with Crippen LogP contribution in [0.1, 0.15) is 25.0 Å². The summed E-state index contributed by atoms with van der Waals surface area (Å²) in [7, 11) is 0. The lowest BCUT2D eigenvalue weighted by Crippen LogP contribution is -2.38. The van der Waals surface area contributed by atoms with Gasteiger partial charge in [-0.25, -0.2) is 9.37 Å². The van der Waals surface area contributed by atoms with E-state index in [1.54, 1.807) is 6.07 Å².